The van der Waals surface area contributed by atoms with E-state index in [1.54, 1.807) is 17.5 Å². The van der Waals surface area contributed by atoms with Crippen LogP contribution in [-0.2, 0) is 0 Å². The molecule has 17 heavy (non-hydrogen) atoms. The number of aromatic nitrogens is 2. The van der Waals surface area contributed by atoms with E-state index in [1.165, 1.54) is 4.88 Å². The highest BCUT2D eigenvalue weighted by Crippen LogP contribution is 2.32. The summed E-state index contributed by atoms with van der Waals surface area (Å²) in [6, 6.07) is 2.17. The number of nitrogens with one attached hydrogen (secondary N) is 1. The third-order valence-electron chi connectivity index (χ3n) is 2.41. The Balaban J connectivity index is 2.35. The molecule has 0 aliphatic carbocycles. The van der Waals surface area contributed by atoms with Gasteiger partial charge in [-0.25, -0.2) is 0 Å². The topological polar surface area (TPSA) is 37.8 Å². The minimum absolute atomic E-state index is 0.113. The van der Waals surface area contributed by atoms with E-state index in [-0.39, 0.29) is 6.04 Å². The molecule has 0 radical (unpaired) electrons. The highest BCUT2D eigenvalue weighted by atomic mass is 79.9. The van der Waals surface area contributed by atoms with E-state index in [1.807, 2.05) is 13.1 Å². The van der Waals surface area contributed by atoms with Gasteiger partial charge in [-0.3, -0.25) is 9.97 Å². The van der Waals surface area contributed by atoms with Crippen LogP contribution in [0, 0.1) is 6.92 Å². The molecule has 0 saturated heterocycles. The van der Waals surface area contributed by atoms with Crippen LogP contribution in [0.25, 0.3) is 0 Å². The Morgan fingerprint density at radius 3 is 2.76 bits per heavy atom. The molecule has 0 aliphatic rings. The zero-order chi connectivity index (χ0) is 12.3. The van der Waals surface area contributed by atoms with Gasteiger partial charge in [0.25, 0.3) is 0 Å². The summed E-state index contributed by atoms with van der Waals surface area (Å²) in [4.78, 5) is 10.0. The van der Waals surface area contributed by atoms with Crippen molar-refractivity contribution in [1.82, 2.24) is 15.3 Å². The first-order valence-electron chi connectivity index (χ1n) is 5.47. The number of thiophene rings is 1. The molecule has 2 rings (SSSR count). The number of hydrogen-bond donors (Lipinski definition) is 1. The fourth-order valence-corrected chi connectivity index (χ4v) is 3.29. The fraction of sp³-hybridized carbons (Fsp3) is 0.333. The van der Waals surface area contributed by atoms with Crippen molar-refractivity contribution < 1.29 is 0 Å². The van der Waals surface area contributed by atoms with Crippen LogP contribution in [0.1, 0.15) is 29.2 Å². The predicted octanol–water partition coefficient (Wildman–Crippen LogP) is 3.31. The van der Waals surface area contributed by atoms with E-state index in [9.17, 15) is 0 Å². The van der Waals surface area contributed by atoms with Crippen LogP contribution < -0.4 is 5.32 Å². The summed E-state index contributed by atoms with van der Waals surface area (Å²) in [6.07, 6.45) is 3.65. The van der Waals surface area contributed by atoms with E-state index in [0.29, 0.717) is 0 Å². The normalized spacial score (nSPS) is 12.6. The molecule has 1 N–H and O–H groups in total. The van der Waals surface area contributed by atoms with Crippen molar-refractivity contribution in [3.8, 4) is 0 Å². The number of nitrogens with zero attached hydrogens (tertiary/aromatic N) is 2. The molecule has 0 bridgehead atoms. The molecule has 1 unspecified atom stereocenters. The van der Waals surface area contributed by atoms with Crippen LogP contribution in [0.15, 0.2) is 28.3 Å². The largest absolute Gasteiger partial charge is 0.304 e. The van der Waals surface area contributed by atoms with Gasteiger partial charge in [0, 0.05) is 15.5 Å². The van der Waals surface area contributed by atoms with Gasteiger partial charge in [0.1, 0.15) is 0 Å². The Hall–Kier alpha value is -0.780. The summed E-state index contributed by atoms with van der Waals surface area (Å²) in [6.45, 7) is 4.93. The Bertz CT molecular complexity index is 481. The predicted molar refractivity (Wildman–Crippen MR) is 74.3 cm³/mol. The van der Waals surface area contributed by atoms with Gasteiger partial charge in [-0.15, -0.1) is 11.3 Å². The van der Waals surface area contributed by atoms with Gasteiger partial charge in [0.2, 0.25) is 0 Å². The molecule has 0 aliphatic heterocycles. The van der Waals surface area contributed by atoms with Gasteiger partial charge >= 0.3 is 0 Å². The van der Waals surface area contributed by atoms with Gasteiger partial charge < -0.3 is 5.32 Å². The third kappa shape index (κ3) is 2.91. The Morgan fingerprint density at radius 1 is 1.41 bits per heavy atom. The third-order valence-corrected chi connectivity index (χ3v) is 4.35. The Morgan fingerprint density at radius 2 is 2.24 bits per heavy atom. The molecule has 2 aromatic rings. The first kappa shape index (κ1) is 12.7. The van der Waals surface area contributed by atoms with E-state index >= 15 is 0 Å². The summed E-state index contributed by atoms with van der Waals surface area (Å²) in [7, 11) is 0. The van der Waals surface area contributed by atoms with E-state index < -0.39 is 0 Å². The average molecular weight is 312 g/mol. The van der Waals surface area contributed by atoms with Crippen LogP contribution in [0.3, 0.4) is 0 Å². The van der Waals surface area contributed by atoms with Crippen LogP contribution in [0.5, 0.6) is 0 Å². The minimum Gasteiger partial charge on any atom is -0.304 e. The smallest absolute Gasteiger partial charge is 0.0872 e. The molecule has 0 fully saturated rings. The first-order valence-corrected chi connectivity index (χ1v) is 7.14. The lowest BCUT2D eigenvalue weighted by molar-refractivity contribution is 0.619. The quantitative estimate of drug-likeness (QED) is 0.941. The van der Waals surface area contributed by atoms with Crippen molar-refractivity contribution in [2.24, 2.45) is 0 Å². The van der Waals surface area contributed by atoms with E-state index in [2.05, 4.69) is 49.6 Å². The van der Waals surface area contributed by atoms with Gasteiger partial charge in [-0.2, -0.15) is 0 Å². The fourth-order valence-electron chi connectivity index (χ4n) is 1.60. The van der Waals surface area contributed by atoms with E-state index in [4.69, 9.17) is 0 Å². The maximum Gasteiger partial charge on any atom is 0.0872 e. The van der Waals surface area contributed by atoms with Crippen LogP contribution in [0.4, 0.5) is 0 Å². The van der Waals surface area contributed by atoms with Crippen LogP contribution >= 0.6 is 27.3 Å². The lowest BCUT2D eigenvalue weighted by Crippen LogP contribution is -2.22. The standard InChI is InChI=1S/C12H14BrN3S/c1-3-14-11(12-9(13)4-5-17-12)10-7-15-8(2)6-16-10/h4-7,11,14H,3H2,1-2H3. The van der Waals surface area contributed by atoms with Gasteiger partial charge in [0.05, 0.1) is 23.6 Å². The summed E-state index contributed by atoms with van der Waals surface area (Å²) in [5.41, 5.74) is 1.90. The molecule has 0 spiro atoms. The zero-order valence-corrected chi connectivity index (χ0v) is 12.2. The first-order chi connectivity index (χ1) is 8.22. The number of halogens is 1. The van der Waals surface area contributed by atoms with Crippen molar-refractivity contribution in [2.75, 3.05) is 6.54 Å². The Kier molecular flexibility index (Phi) is 4.25. The second-order valence-electron chi connectivity index (χ2n) is 3.71. The van der Waals surface area contributed by atoms with Crippen molar-refractivity contribution in [1.29, 1.82) is 0 Å². The second kappa shape index (κ2) is 5.71. The van der Waals surface area contributed by atoms with Crippen molar-refractivity contribution >= 4 is 27.3 Å². The maximum atomic E-state index is 4.46. The van der Waals surface area contributed by atoms with E-state index in [0.717, 1.165) is 22.4 Å². The molecule has 0 aromatic carbocycles. The summed E-state index contributed by atoms with van der Waals surface area (Å²) < 4.78 is 1.12. The van der Waals surface area contributed by atoms with Crippen molar-refractivity contribution in [3.05, 3.63) is 44.6 Å². The number of rotatable bonds is 4. The van der Waals surface area contributed by atoms with Gasteiger partial charge in [0.15, 0.2) is 0 Å². The van der Waals surface area contributed by atoms with Crippen molar-refractivity contribution in [3.63, 3.8) is 0 Å². The Labute approximate surface area is 113 Å². The zero-order valence-electron chi connectivity index (χ0n) is 9.77. The number of aryl methyl sites for hydroxylation is 1. The monoisotopic (exact) mass is 311 g/mol. The minimum atomic E-state index is 0.113. The molecule has 5 heteroatoms. The van der Waals surface area contributed by atoms with Crippen LogP contribution in [-0.4, -0.2) is 16.5 Å². The molecule has 3 nitrogen and oxygen atoms in total. The lowest BCUT2D eigenvalue weighted by atomic mass is 10.2. The number of hydrogen-bond acceptors (Lipinski definition) is 4. The molecular weight excluding hydrogens is 298 g/mol. The summed E-state index contributed by atoms with van der Waals surface area (Å²) >= 11 is 5.29. The average Bonchev–Trinajstić information content (AvgIpc) is 2.74. The maximum absolute atomic E-state index is 4.46. The molecule has 0 saturated carbocycles. The van der Waals surface area contributed by atoms with Crippen LogP contribution in [0.2, 0.25) is 0 Å². The molecule has 2 heterocycles. The molecule has 2 aromatic heterocycles. The molecular formula is C12H14BrN3S. The summed E-state index contributed by atoms with van der Waals surface area (Å²) in [5.74, 6) is 0. The summed E-state index contributed by atoms with van der Waals surface area (Å²) in [5, 5.41) is 5.51. The SMILES string of the molecule is CCNC(c1cnc(C)cn1)c1sccc1Br. The van der Waals surface area contributed by atoms with Gasteiger partial charge in [-0.1, -0.05) is 6.92 Å². The molecule has 0 amide bonds. The lowest BCUT2D eigenvalue weighted by Gasteiger charge is -2.16. The van der Waals surface area contributed by atoms with Crippen molar-refractivity contribution in [2.45, 2.75) is 19.9 Å². The van der Waals surface area contributed by atoms with Gasteiger partial charge in [-0.05, 0) is 40.8 Å². The highest BCUT2D eigenvalue weighted by molar-refractivity contribution is 9.10. The molecule has 1 atom stereocenters. The highest BCUT2D eigenvalue weighted by Gasteiger charge is 2.18. The molecule has 90 valence electrons. The second-order valence-corrected chi connectivity index (χ2v) is 5.51.